The lowest BCUT2D eigenvalue weighted by atomic mass is 10.1. The van der Waals surface area contributed by atoms with Crippen molar-refractivity contribution in [3.63, 3.8) is 0 Å². The molecule has 1 aromatic heterocycles. The van der Waals surface area contributed by atoms with Crippen molar-refractivity contribution in [1.29, 1.82) is 0 Å². The molecule has 0 unspecified atom stereocenters. The second-order valence-electron chi connectivity index (χ2n) is 5.11. The van der Waals surface area contributed by atoms with Crippen LogP contribution in [0, 0.1) is 0 Å². The molecule has 1 aliphatic rings. The summed E-state index contributed by atoms with van der Waals surface area (Å²) >= 11 is 3.37. The van der Waals surface area contributed by atoms with Gasteiger partial charge in [-0.25, -0.2) is 0 Å². The van der Waals surface area contributed by atoms with Gasteiger partial charge >= 0.3 is 0 Å². The standard InChI is InChI=1S/C16H15BrN2O3/c17-14-3-1-2-12(10-14)15(20)18-5-7-19(8-6-18)16(21)13-4-9-22-11-13/h1-4,9-11H,5-8H2. The summed E-state index contributed by atoms with van der Waals surface area (Å²) in [6.07, 6.45) is 2.93. The van der Waals surface area contributed by atoms with Gasteiger partial charge in [-0.05, 0) is 24.3 Å². The first-order valence-corrected chi connectivity index (χ1v) is 7.81. The van der Waals surface area contributed by atoms with Crippen molar-refractivity contribution >= 4 is 27.7 Å². The molecule has 1 fully saturated rings. The van der Waals surface area contributed by atoms with Crippen LogP contribution in [0.15, 0.2) is 51.7 Å². The van der Waals surface area contributed by atoms with Gasteiger partial charge in [0, 0.05) is 36.2 Å². The number of hydrogen-bond acceptors (Lipinski definition) is 3. The van der Waals surface area contributed by atoms with Crippen molar-refractivity contribution in [2.24, 2.45) is 0 Å². The van der Waals surface area contributed by atoms with Crippen molar-refractivity contribution in [3.05, 3.63) is 58.5 Å². The predicted molar refractivity (Wildman–Crippen MR) is 84.7 cm³/mol. The van der Waals surface area contributed by atoms with Gasteiger partial charge in [0.05, 0.1) is 11.8 Å². The number of rotatable bonds is 2. The first-order valence-electron chi connectivity index (χ1n) is 7.01. The molecule has 2 heterocycles. The number of halogens is 1. The highest BCUT2D eigenvalue weighted by atomic mass is 79.9. The number of hydrogen-bond donors (Lipinski definition) is 0. The van der Waals surface area contributed by atoms with Crippen LogP contribution in [0.2, 0.25) is 0 Å². The Morgan fingerprint density at radius 1 is 0.955 bits per heavy atom. The largest absolute Gasteiger partial charge is 0.472 e. The van der Waals surface area contributed by atoms with E-state index in [0.717, 1.165) is 4.47 Å². The molecule has 5 nitrogen and oxygen atoms in total. The lowest BCUT2D eigenvalue weighted by Gasteiger charge is -2.34. The number of carbonyl (C=O) groups excluding carboxylic acids is 2. The van der Waals surface area contributed by atoms with Gasteiger partial charge in [-0.2, -0.15) is 0 Å². The van der Waals surface area contributed by atoms with Gasteiger partial charge in [-0.1, -0.05) is 22.0 Å². The zero-order valence-corrected chi connectivity index (χ0v) is 13.5. The Morgan fingerprint density at radius 3 is 2.14 bits per heavy atom. The third-order valence-electron chi connectivity index (χ3n) is 3.69. The Bertz CT molecular complexity index is 676. The summed E-state index contributed by atoms with van der Waals surface area (Å²) in [5.74, 6) is -0.0555. The van der Waals surface area contributed by atoms with Gasteiger partial charge in [0.1, 0.15) is 6.26 Å². The van der Waals surface area contributed by atoms with Crippen molar-refractivity contribution in [2.45, 2.75) is 0 Å². The predicted octanol–water partition coefficient (Wildman–Crippen LogP) is 2.64. The molecule has 114 valence electrons. The van der Waals surface area contributed by atoms with Gasteiger partial charge in [-0.15, -0.1) is 0 Å². The molecular formula is C16H15BrN2O3. The third kappa shape index (κ3) is 3.06. The normalized spacial score (nSPS) is 15.0. The summed E-state index contributed by atoms with van der Waals surface area (Å²) in [5, 5.41) is 0. The van der Waals surface area contributed by atoms with E-state index in [0.29, 0.717) is 37.3 Å². The molecule has 3 rings (SSSR count). The van der Waals surface area contributed by atoms with Crippen LogP contribution >= 0.6 is 15.9 Å². The summed E-state index contributed by atoms with van der Waals surface area (Å²) in [6, 6.07) is 9.00. The lowest BCUT2D eigenvalue weighted by molar-refractivity contribution is 0.0535. The number of amides is 2. The van der Waals surface area contributed by atoms with Crippen LogP contribution in [0.1, 0.15) is 20.7 Å². The lowest BCUT2D eigenvalue weighted by Crippen LogP contribution is -2.50. The average Bonchev–Trinajstić information content (AvgIpc) is 3.08. The number of benzene rings is 1. The Morgan fingerprint density at radius 2 is 1.59 bits per heavy atom. The van der Waals surface area contributed by atoms with Crippen LogP contribution in [-0.2, 0) is 0 Å². The van der Waals surface area contributed by atoms with E-state index in [1.54, 1.807) is 21.9 Å². The minimum Gasteiger partial charge on any atom is -0.472 e. The molecule has 6 heteroatoms. The van der Waals surface area contributed by atoms with Gasteiger partial charge in [0.2, 0.25) is 0 Å². The van der Waals surface area contributed by atoms with Crippen LogP contribution in [0.3, 0.4) is 0 Å². The molecule has 0 saturated carbocycles. The Balaban J connectivity index is 1.62. The van der Waals surface area contributed by atoms with Gasteiger partial charge in [0.25, 0.3) is 11.8 Å². The van der Waals surface area contributed by atoms with E-state index < -0.39 is 0 Å². The van der Waals surface area contributed by atoms with E-state index in [9.17, 15) is 9.59 Å². The number of furan rings is 1. The summed E-state index contributed by atoms with van der Waals surface area (Å²) in [7, 11) is 0. The molecule has 2 amide bonds. The molecule has 0 bridgehead atoms. The highest BCUT2D eigenvalue weighted by Gasteiger charge is 2.25. The molecule has 0 aliphatic carbocycles. The summed E-state index contributed by atoms with van der Waals surface area (Å²) in [5.41, 5.74) is 1.20. The zero-order valence-electron chi connectivity index (χ0n) is 11.9. The minimum atomic E-state index is -0.0525. The van der Waals surface area contributed by atoms with Crippen molar-refractivity contribution in [2.75, 3.05) is 26.2 Å². The van der Waals surface area contributed by atoms with Crippen LogP contribution in [-0.4, -0.2) is 47.8 Å². The molecule has 0 radical (unpaired) electrons. The third-order valence-corrected chi connectivity index (χ3v) is 4.19. The number of nitrogens with zero attached hydrogens (tertiary/aromatic N) is 2. The quantitative estimate of drug-likeness (QED) is 0.824. The maximum Gasteiger partial charge on any atom is 0.257 e. The van der Waals surface area contributed by atoms with Gasteiger partial charge in [0.15, 0.2) is 0 Å². The molecule has 22 heavy (non-hydrogen) atoms. The maximum atomic E-state index is 12.4. The molecule has 1 saturated heterocycles. The van der Waals surface area contributed by atoms with Crippen molar-refractivity contribution in [1.82, 2.24) is 9.80 Å². The van der Waals surface area contributed by atoms with Gasteiger partial charge in [-0.3, -0.25) is 9.59 Å². The SMILES string of the molecule is O=C(c1ccoc1)N1CCN(C(=O)c2cccc(Br)c2)CC1. The molecular weight excluding hydrogens is 348 g/mol. The first-order chi connectivity index (χ1) is 10.6. The van der Waals surface area contributed by atoms with Crippen LogP contribution in [0.5, 0.6) is 0 Å². The number of carbonyl (C=O) groups is 2. The Hall–Kier alpha value is -2.08. The first kappa shape index (κ1) is 14.8. The van der Waals surface area contributed by atoms with Crippen LogP contribution in [0.4, 0.5) is 0 Å². The second-order valence-corrected chi connectivity index (χ2v) is 6.02. The highest BCUT2D eigenvalue weighted by Crippen LogP contribution is 2.15. The molecule has 1 aromatic carbocycles. The average molecular weight is 363 g/mol. The van der Waals surface area contributed by atoms with E-state index in [2.05, 4.69) is 15.9 Å². The van der Waals surface area contributed by atoms with Crippen molar-refractivity contribution in [3.8, 4) is 0 Å². The van der Waals surface area contributed by atoms with Crippen LogP contribution in [0.25, 0.3) is 0 Å². The Labute approximate surface area is 136 Å². The fourth-order valence-electron chi connectivity index (χ4n) is 2.49. The van der Waals surface area contributed by atoms with Crippen molar-refractivity contribution < 1.29 is 14.0 Å². The summed E-state index contributed by atoms with van der Waals surface area (Å²) in [6.45, 7) is 2.14. The topological polar surface area (TPSA) is 53.8 Å². The zero-order chi connectivity index (χ0) is 15.5. The summed E-state index contributed by atoms with van der Waals surface area (Å²) in [4.78, 5) is 28.2. The van der Waals surface area contributed by atoms with E-state index in [1.807, 2.05) is 18.2 Å². The number of piperazine rings is 1. The van der Waals surface area contributed by atoms with Gasteiger partial charge < -0.3 is 14.2 Å². The fourth-order valence-corrected chi connectivity index (χ4v) is 2.88. The molecule has 0 atom stereocenters. The Kier molecular flexibility index (Phi) is 4.29. The van der Waals surface area contributed by atoms with E-state index in [-0.39, 0.29) is 11.8 Å². The van der Waals surface area contributed by atoms with Crippen LogP contribution < -0.4 is 0 Å². The second kappa shape index (κ2) is 6.36. The molecule has 1 aliphatic heterocycles. The summed E-state index contributed by atoms with van der Waals surface area (Å²) < 4.78 is 5.82. The fraction of sp³-hybridized carbons (Fsp3) is 0.250. The molecule has 0 N–H and O–H groups in total. The smallest absolute Gasteiger partial charge is 0.257 e. The van der Waals surface area contributed by atoms with E-state index in [4.69, 9.17) is 4.42 Å². The van der Waals surface area contributed by atoms with E-state index in [1.165, 1.54) is 12.5 Å². The minimum absolute atomic E-state index is 0.00305. The molecule has 2 aromatic rings. The monoisotopic (exact) mass is 362 g/mol. The molecule has 0 spiro atoms. The van der Waals surface area contributed by atoms with E-state index >= 15 is 0 Å². The highest BCUT2D eigenvalue weighted by molar-refractivity contribution is 9.10. The maximum absolute atomic E-state index is 12.4.